The third-order valence-electron chi connectivity index (χ3n) is 3.35. The van der Waals surface area contributed by atoms with Gasteiger partial charge in [0.15, 0.2) is 5.78 Å². The number of halogens is 2. The zero-order valence-electron chi connectivity index (χ0n) is 12.7. The first kappa shape index (κ1) is 17.4. The van der Waals surface area contributed by atoms with E-state index in [1.54, 1.807) is 6.92 Å². The molecule has 24 heavy (non-hydrogen) atoms. The number of benzene rings is 1. The number of aromatic nitrogens is 2. The van der Waals surface area contributed by atoms with Crippen LogP contribution in [0.15, 0.2) is 27.8 Å². The van der Waals surface area contributed by atoms with E-state index >= 15 is 0 Å². The summed E-state index contributed by atoms with van der Waals surface area (Å²) in [5.41, 5.74) is -2.57. The predicted octanol–water partition coefficient (Wildman–Crippen LogP) is 1.30. The molecule has 1 heterocycles. The molecule has 1 aromatic carbocycles. The number of rotatable bonds is 6. The minimum absolute atomic E-state index is 0.0689. The number of aryl methyl sites for hydroxylation is 1. The molecule has 2 aromatic rings. The van der Waals surface area contributed by atoms with Crippen molar-refractivity contribution in [1.82, 2.24) is 9.71 Å². The lowest BCUT2D eigenvalue weighted by Crippen LogP contribution is -2.38. The molecule has 128 valence electrons. The van der Waals surface area contributed by atoms with Crippen LogP contribution in [-0.4, -0.2) is 27.2 Å². The number of Topliss-reactive ketones (excluding diaryl/α,β-unsaturated/α-hetero) is 1. The van der Waals surface area contributed by atoms with Crippen molar-refractivity contribution >= 4 is 11.6 Å². The molecule has 1 aromatic heterocycles. The van der Waals surface area contributed by atoms with Crippen LogP contribution in [0.2, 0.25) is 0 Å². The third-order valence-corrected chi connectivity index (χ3v) is 3.35. The van der Waals surface area contributed by atoms with Crippen molar-refractivity contribution < 1.29 is 18.8 Å². The van der Waals surface area contributed by atoms with E-state index in [0.717, 1.165) is 6.07 Å². The Morgan fingerprint density at radius 2 is 2.04 bits per heavy atom. The van der Waals surface area contributed by atoms with Gasteiger partial charge in [0, 0.05) is 19.0 Å². The van der Waals surface area contributed by atoms with Crippen LogP contribution in [-0.2, 0) is 6.42 Å². The van der Waals surface area contributed by atoms with Crippen molar-refractivity contribution in [2.75, 3.05) is 11.9 Å². The summed E-state index contributed by atoms with van der Waals surface area (Å²) in [5.74, 6) is -2.34. The molecule has 0 unspecified atom stereocenters. The SMILES string of the molecule is CCNc1[nH]c(=O)n(O)c(=O)c1C(=O)CCc1ccc(F)cc1F. The molecule has 9 heteroatoms. The fourth-order valence-corrected chi connectivity index (χ4v) is 2.19. The van der Waals surface area contributed by atoms with E-state index in [1.807, 2.05) is 0 Å². The molecule has 0 atom stereocenters. The molecule has 0 spiro atoms. The fraction of sp³-hybridized carbons (Fsp3) is 0.267. The molecule has 0 radical (unpaired) electrons. The zero-order chi connectivity index (χ0) is 17.9. The number of nitrogens with zero attached hydrogens (tertiary/aromatic N) is 1. The number of hydrogen-bond donors (Lipinski definition) is 3. The second-order valence-electron chi connectivity index (χ2n) is 4.99. The van der Waals surface area contributed by atoms with E-state index in [2.05, 4.69) is 10.3 Å². The Balaban J connectivity index is 2.31. The van der Waals surface area contributed by atoms with Gasteiger partial charge in [0.1, 0.15) is 23.0 Å². The topological polar surface area (TPSA) is 104 Å². The first-order valence-corrected chi connectivity index (χ1v) is 7.14. The number of ketones is 1. The summed E-state index contributed by atoms with van der Waals surface area (Å²) >= 11 is 0. The number of anilines is 1. The highest BCUT2D eigenvalue weighted by atomic mass is 19.1. The van der Waals surface area contributed by atoms with Gasteiger partial charge in [-0.1, -0.05) is 10.8 Å². The number of carbonyl (C=O) groups excluding carboxylic acids is 1. The monoisotopic (exact) mass is 339 g/mol. The summed E-state index contributed by atoms with van der Waals surface area (Å²) < 4.78 is 26.2. The minimum atomic E-state index is -1.17. The van der Waals surface area contributed by atoms with Gasteiger partial charge in [-0.15, -0.1) is 0 Å². The van der Waals surface area contributed by atoms with Gasteiger partial charge in [0.25, 0.3) is 0 Å². The van der Waals surface area contributed by atoms with Crippen LogP contribution in [0, 0.1) is 11.6 Å². The van der Waals surface area contributed by atoms with Crippen molar-refractivity contribution in [3.8, 4) is 0 Å². The molecule has 0 saturated carbocycles. The smallest absolute Gasteiger partial charge is 0.363 e. The highest BCUT2D eigenvalue weighted by Gasteiger charge is 2.20. The van der Waals surface area contributed by atoms with Crippen molar-refractivity contribution in [3.63, 3.8) is 0 Å². The van der Waals surface area contributed by atoms with Gasteiger partial charge in [0.05, 0.1) is 0 Å². The normalized spacial score (nSPS) is 10.6. The lowest BCUT2D eigenvalue weighted by atomic mass is 10.0. The largest absolute Gasteiger partial charge is 0.421 e. The number of aromatic amines is 1. The lowest BCUT2D eigenvalue weighted by molar-refractivity contribution is 0.0971. The Bertz CT molecular complexity index is 889. The Morgan fingerprint density at radius 3 is 2.67 bits per heavy atom. The van der Waals surface area contributed by atoms with Crippen molar-refractivity contribution in [2.24, 2.45) is 0 Å². The van der Waals surface area contributed by atoms with Crippen molar-refractivity contribution in [1.29, 1.82) is 0 Å². The second kappa shape index (κ2) is 7.07. The van der Waals surface area contributed by atoms with Crippen LogP contribution < -0.4 is 16.6 Å². The maximum Gasteiger partial charge on any atom is 0.363 e. The molecule has 0 fully saturated rings. The molecular formula is C15H15F2N3O4. The molecule has 3 N–H and O–H groups in total. The highest BCUT2D eigenvalue weighted by Crippen LogP contribution is 2.14. The predicted molar refractivity (Wildman–Crippen MR) is 81.7 cm³/mol. The molecule has 2 rings (SSSR count). The number of H-pyrrole nitrogens is 1. The Labute approximate surface area is 134 Å². The van der Waals surface area contributed by atoms with Crippen LogP contribution in [0.25, 0.3) is 0 Å². The van der Waals surface area contributed by atoms with Crippen LogP contribution in [0.5, 0.6) is 0 Å². The Kier molecular flexibility index (Phi) is 5.12. The van der Waals surface area contributed by atoms with E-state index < -0.39 is 34.2 Å². The van der Waals surface area contributed by atoms with Gasteiger partial charge in [-0.25, -0.2) is 13.6 Å². The second-order valence-corrected chi connectivity index (χ2v) is 4.99. The van der Waals surface area contributed by atoms with Gasteiger partial charge in [0.2, 0.25) is 0 Å². The average Bonchev–Trinajstić information content (AvgIpc) is 2.52. The van der Waals surface area contributed by atoms with Gasteiger partial charge < -0.3 is 10.5 Å². The van der Waals surface area contributed by atoms with E-state index in [4.69, 9.17) is 0 Å². The molecule has 0 aliphatic carbocycles. The van der Waals surface area contributed by atoms with E-state index in [9.17, 15) is 28.4 Å². The van der Waals surface area contributed by atoms with Crippen LogP contribution >= 0.6 is 0 Å². The van der Waals surface area contributed by atoms with Gasteiger partial charge in [-0.2, -0.15) is 0 Å². The molecular weight excluding hydrogens is 324 g/mol. The molecule has 0 aliphatic heterocycles. The zero-order valence-corrected chi connectivity index (χ0v) is 12.7. The van der Waals surface area contributed by atoms with E-state index in [1.165, 1.54) is 6.07 Å². The van der Waals surface area contributed by atoms with Gasteiger partial charge in [-0.3, -0.25) is 14.6 Å². The number of nitrogens with one attached hydrogen (secondary N) is 2. The molecule has 7 nitrogen and oxygen atoms in total. The maximum absolute atomic E-state index is 13.6. The van der Waals surface area contributed by atoms with Crippen molar-refractivity contribution in [3.05, 3.63) is 61.8 Å². The first-order chi connectivity index (χ1) is 11.3. The molecule has 0 aliphatic rings. The third kappa shape index (κ3) is 3.50. The maximum atomic E-state index is 13.6. The van der Waals surface area contributed by atoms with Gasteiger partial charge in [-0.05, 0) is 25.0 Å². The Morgan fingerprint density at radius 1 is 1.33 bits per heavy atom. The fourth-order valence-electron chi connectivity index (χ4n) is 2.19. The number of carbonyl (C=O) groups is 1. The van der Waals surface area contributed by atoms with Crippen LogP contribution in [0.1, 0.15) is 29.3 Å². The number of hydrogen-bond acceptors (Lipinski definition) is 5. The summed E-state index contributed by atoms with van der Waals surface area (Å²) in [6.07, 6.45) is -0.331. The molecule has 0 saturated heterocycles. The van der Waals surface area contributed by atoms with Crippen LogP contribution in [0.4, 0.5) is 14.6 Å². The summed E-state index contributed by atoms with van der Waals surface area (Å²) in [6.45, 7) is 2.00. The Hall–Kier alpha value is -2.97. The van der Waals surface area contributed by atoms with Gasteiger partial charge >= 0.3 is 11.2 Å². The highest BCUT2D eigenvalue weighted by molar-refractivity contribution is 6.00. The molecule has 0 bridgehead atoms. The lowest BCUT2D eigenvalue weighted by Gasteiger charge is -2.10. The summed E-state index contributed by atoms with van der Waals surface area (Å²) in [6, 6.07) is 2.97. The van der Waals surface area contributed by atoms with E-state index in [0.29, 0.717) is 12.6 Å². The van der Waals surface area contributed by atoms with Crippen LogP contribution in [0.3, 0.4) is 0 Å². The van der Waals surface area contributed by atoms with Crippen molar-refractivity contribution in [2.45, 2.75) is 19.8 Å². The standard InChI is InChI=1S/C15H15F2N3O4/c1-2-18-13-12(14(22)20(24)15(23)19-13)11(21)6-4-8-3-5-9(16)7-10(8)17/h3,5,7,18,24H,2,4,6H2,1H3,(H,19,23). The average molecular weight is 339 g/mol. The summed E-state index contributed by atoms with van der Waals surface area (Å²) in [7, 11) is 0. The first-order valence-electron chi connectivity index (χ1n) is 7.14. The molecule has 0 amide bonds. The quantitative estimate of drug-likeness (QED) is 0.544. The summed E-state index contributed by atoms with van der Waals surface area (Å²) in [4.78, 5) is 37.8. The minimum Gasteiger partial charge on any atom is -0.421 e. The van der Waals surface area contributed by atoms with E-state index in [-0.39, 0.29) is 29.0 Å². The summed E-state index contributed by atoms with van der Waals surface area (Å²) in [5, 5.41) is 12.0.